The molecule has 1 aliphatic heterocycles. The number of hydrogen-bond acceptors (Lipinski definition) is 6. The number of ketones is 1. The van der Waals surface area contributed by atoms with Crippen LogP contribution in [0.25, 0.3) is 0 Å². The van der Waals surface area contributed by atoms with E-state index in [9.17, 15) is 24.0 Å². The molecule has 9 nitrogen and oxygen atoms in total. The molecule has 0 saturated carbocycles. The van der Waals surface area contributed by atoms with Crippen molar-refractivity contribution >= 4 is 29.6 Å². The van der Waals surface area contributed by atoms with Gasteiger partial charge in [0.1, 0.15) is 0 Å². The lowest BCUT2D eigenvalue weighted by molar-refractivity contribution is -0.142. The van der Waals surface area contributed by atoms with Gasteiger partial charge in [0.25, 0.3) is 0 Å². The van der Waals surface area contributed by atoms with Crippen LogP contribution < -0.4 is 0 Å². The first kappa shape index (κ1) is 17.4. The van der Waals surface area contributed by atoms with Gasteiger partial charge in [-0.25, -0.2) is 14.5 Å². The maximum absolute atomic E-state index is 12.6. The van der Waals surface area contributed by atoms with Crippen molar-refractivity contribution in [1.82, 2.24) is 14.8 Å². The number of H-pyrrole nitrogens is 1. The quantitative estimate of drug-likeness (QED) is 0.360. The molecule has 0 spiro atoms. The van der Waals surface area contributed by atoms with Crippen LogP contribution in [0.1, 0.15) is 39.0 Å². The zero-order chi connectivity index (χ0) is 18.2. The monoisotopic (exact) mass is 335 g/mol. The summed E-state index contributed by atoms with van der Waals surface area (Å²) in [6.45, 7) is 4.35. The third-order valence-electron chi connectivity index (χ3n) is 3.69. The van der Waals surface area contributed by atoms with Crippen molar-refractivity contribution < 1.29 is 28.7 Å². The van der Waals surface area contributed by atoms with Gasteiger partial charge in [0.15, 0.2) is 5.78 Å². The van der Waals surface area contributed by atoms with E-state index in [1.807, 2.05) is 0 Å². The number of imide groups is 2. The summed E-state index contributed by atoms with van der Waals surface area (Å²) in [7, 11) is 1.16. The lowest BCUT2D eigenvalue weighted by Gasteiger charge is -2.12. The van der Waals surface area contributed by atoms with Crippen molar-refractivity contribution in [3.8, 4) is 0 Å². The van der Waals surface area contributed by atoms with E-state index in [4.69, 9.17) is 4.74 Å². The molecular formula is C15H17N3O6. The first-order valence-corrected chi connectivity index (χ1v) is 7.23. The fourth-order valence-electron chi connectivity index (χ4n) is 2.56. The molecule has 0 atom stereocenters. The Kier molecular flexibility index (Phi) is 4.54. The van der Waals surface area contributed by atoms with Gasteiger partial charge in [-0.1, -0.05) is 0 Å². The van der Waals surface area contributed by atoms with Gasteiger partial charge >= 0.3 is 23.8 Å². The van der Waals surface area contributed by atoms with E-state index in [0.29, 0.717) is 21.2 Å². The number of esters is 1. The van der Waals surface area contributed by atoms with E-state index < -0.39 is 36.1 Å². The van der Waals surface area contributed by atoms with Gasteiger partial charge in [0.05, 0.1) is 24.3 Å². The number of ether oxygens (including phenoxy) is 1. The van der Waals surface area contributed by atoms with Gasteiger partial charge in [-0.15, -0.1) is 0 Å². The van der Waals surface area contributed by atoms with Crippen molar-refractivity contribution in [2.45, 2.75) is 20.8 Å². The number of hydrogen-bond donors (Lipinski definition) is 1. The highest BCUT2D eigenvalue weighted by Gasteiger charge is 2.43. The Morgan fingerprint density at radius 2 is 1.62 bits per heavy atom. The van der Waals surface area contributed by atoms with Crippen molar-refractivity contribution in [3.63, 3.8) is 0 Å². The van der Waals surface area contributed by atoms with Gasteiger partial charge in [-0.05, 0) is 20.8 Å². The molecule has 2 rings (SSSR count). The summed E-state index contributed by atoms with van der Waals surface area (Å²) in [5.41, 5.74) is 0.979. The van der Waals surface area contributed by atoms with E-state index in [-0.39, 0.29) is 17.7 Å². The van der Waals surface area contributed by atoms with Gasteiger partial charge in [0, 0.05) is 18.4 Å². The van der Waals surface area contributed by atoms with Gasteiger partial charge < -0.3 is 9.72 Å². The average Bonchev–Trinajstić information content (AvgIpc) is 2.91. The molecule has 9 heteroatoms. The molecule has 24 heavy (non-hydrogen) atoms. The van der Waals surface area contributed by atoms with Gasteiger partial charge in [0.2, 0.25) is 0 Å². The smallest absolute Gasteiger partial charge is 0.340 e. The van der Waals surface area contributed by atoms with Crippen LogP contribution in [0.3, 0.4) is 0 Å². The summed E-state index contributed by atoms with van der Waals surface area (Å²) in [4.78, 5) is 63.8. The molecule has 1 aromatic rings. The molecule has 1 N–H and O–H groups in total. The highest BCUT2D eigenvalue weighted by atomic mass is 16.5. The third-order valence-corrected chi connectivity index (χ3v) is 3.69. The Hall–Kier alpha value is -2.97. The molecule has 0 aliphatic carbocycles. The summed E-state index contributed by atoms with van der Waals surface area (Å²) in [5, 5.41) is 0. The molecule has 0 aromatic carbocycles. The fourth-order valence-corrected chi connectivity index (χ4v) is 2.56. The Labute approximate surface area is 137 Å². The van der Waals surface area contributed by atoms with Crippen LogP contribution in [-0.2, 0) is 14.3 Å². The van der Waals surface area contributed by atoms with Crippen LogP contribution in [0.4, 0.5) is 4.79 Å². The lowest BCUT2D eigenvalue weighted by Crippen LogP contribution is -2.36. The van der Waals surface area contributed by atoms with E-state index in [1.165, 1.54) is 0 Å². The molecule has 4 amide bonds. The molecule has 1 aromatic heterocycles. The highest BCUT2D eigenvalue weighted by molar-refractivity contribution is 6.45. The Bertz CT molecular complexity index is 764. The lowest BCUT2D eigenvalue weighted by atomic mass is 10.0. The Balaban J connectivity index is 2.34. The Morgan fingerprint density at radius 1 is 1.04 bits per heavy atom. The molecule has 2 heterocycles. The number of nitrogens with zero attached hydrogens (tertiary/aromatic N) is 2. The summed E-state index contributed by atoms with van der Waals surface area (Å²) < 4.78 is 4.94. The number of Topliss-reactive ketones (excluding diaryl/α,β-unsaturated/α-hetero) is 1. The van der Waals surface area contributed by atoms with Crippen LogP contribution in [0.5, 0.6) is 0 Å². The second-order valence-corrected chi connectivity index (χ2v) is 5.31. The molecular weight excluding hydrogens is 318 g/mol. The molecule has 0 radical (unpaired) electrons. The van der Waals surface area contributed by atoms with Gasteiger partial charge in [-0.3, -0.25) is 19.3 Å². The van der Waals surface area contributed by atoms with E-state index in [0.717, 1.165) is 7.05 Å². The minimum Gasteiger partial charge on any atom is -0.462 e. The van der Waals surface area contributed by atoms with Crippen LogP contribution in [0.2, 0.25) is 0 Å². The van der Waals surface area contributed by atoms with Crippen LogP contribution in [-0.4, -0.2) is 64.6 Å². The van der Waals surface area contributed by atoms with Gasteiger partial charge in [-0.2, -0.15) is 0 Å². The summed E-state index contributed by atoms with van der Waals surface area (Å²) in [5.74, 6) is -3.38. The molecule has 0 unspecified atom stereocenters. The predicted molar refractivity (Wildman–Crippen MR) is 80.4 cm³/mol. The molecule has 0 bridgehead atoms. The van der Waals surface area contributed by atoms with Crippen molar-refractivity contribution in [1.29, 1.82) is 0 Å². The van der Waals surface area contributed by atoms with E-state index >= 15 is 0 Å². The highest BCUT2D eigenvalue weighted by Crippen LogP contribution is 2.21. The maximum atomic E-state index is 12.6. The number of amides is 4. The number of nitrogens with one attached hydrogen (secondary N) is 1. The van der Waals surface area contributed by atoms with Crippen LogP contribution in [0.15, 0.2) is 0 Å². The normalized spacial score (nSPS) is 14.6. The first-order chi connectivity index (χ1) is 11.2. The number of carbonyl (C=O) groups excluding carboxylic acids is 5. The summed E-state index contributed by atoms with van der Waals surface area (Å²) >= 11 is 0. The number of rotatable bonds is 5. The maximum Gasteiger partial charge on any atom is 0.340 e. The number of likely N-dealkylation sites (N-methyl/N-ethyl adjacent to an activating group) is 1. The zero-order valence-corrected chi connectivity index (χ0v) is 13.8. The van der Waals surface area contributed by atoms with Crippen molar-refractivity contribution in [3.05, 3.63) is 22.5 Å². The predicted octanol–water partition coefficient (Wildman–Crippen LogP) is 0.412. The van der Waals surface area contributed by atoms with Crippen molar-refractivity contribution in [2.75, 3.05) is 20.2 Å². The minimum atomic E-state index is -1.07. The second-order valence-electron chi connectivity index (χ2n) is 5.31. The summed E-state index contributed by atoms with van der Waals surface area (Å²) in [6.07, 6.45) is 0. The molecule has 1 aliphatic rings. The fraction of sp³-hybridized carbons (Fsp3) is 0.400. The third kappa shape index (κ3) is 2.68. The van der Waals surface area contributed by atoms with Crippen LogP contribution >= 0.6 is 0 Å². The molecule has 1 saturated heterocycles. The average molecular weight is 335 g/mol. The largest absolute Gasteiger partial charge is 0.462 e. The zero-order valence-electron chi connectivity index (χ0n) is 13.8. The number of urea groups is 1. The molecule has 128 valence electrons. The first-order valence-electron chi connectivity index (χ1n) is 7.23. The number of aryl methyl sites for hydroxylation is 2. The number of aromatic nitrogens is 1. The second kappa shape index (κ2) is 6.26. The SMILES string of the molecule is CCOC(=O)c1c(C)[nH]c(C)c1C(=O)CN1C(=O)C(=O)N(C)C1=O. The Morgan fingerprint density at radius 3 is 2.12 bits per heavy atom. The topological polar surface area (TPSA) is 117 Å². The standard InChI is InChI=1S/C15H17N3O6/c1-5-24-14(22)11-8(3)16-7(2)10(11)9(19)6-18-13(21)12(20)17(4)15(18)23/h16H,5-6H2,1-4H3. The van der Waals surface area contributed by atoms with E-state index in [1.54, 1.807) is 20.8 Å². The van der Waals surface area contributed by atoms with Crippen molar-refractivity contribution in [2.24, 2.45) is 0 Å². The van der Waals surface area contributed by atoms with E-state index in [2.05, 4.69) is 4.98 Å². The minimum absolute atomic E-state index is 0.0496. The summed E-state index contributed by atoms with van der Waals surface area (Å²) in [6, 6.07) is -0.874. The number of aromatic amines is 1. The number of carbonyl (C=O) groups is 5. The van der Waals surface area contributed by atoms with Crippen LogP contribution in [0, 0.1) is 13.8 Å². The molecule has 1 fully saturated rings.